The van der Waals surface area contributed by atoms with E-state index in [0.29, 0.717) is 18.4 Å². The normalized spacial score (nSPS) is 16.4. The van der Waals surface area contributed by atoms with Gasteiger partial charge in [0.1, 0.15) is 0 Å². The van der Waals surface area contributed by atoms with Crippen LogP contribution in [0.3, 0.4) is 0 Å². The maximum absolute atomic E-state index is 13.3. The van der Waals surface area contributed by atoms with Crippen molar-refractivity contribution in [3.8, 4) is 0 Å². The summed E-state index contributed by atoms with van der Waals surface area (Å²) in [4.78, 5) is 26.1. The number of nitrogens with zero attached hydrogens (tertiary/aromatic N) is 3. The summed E-state index contributed by atoms with van der Waals surface area (Å²) >= 11 is 15.3. The number of aromatic amines is 1. The highest BCUT2D eigenvalue weighted by Crippen LogP contribution is 2.40. The largest absolute Gasteiger partial charge is 0.481 e. The third-order valence-corrected chi connectivity index (χ3v) is 14.4. The summed E-state index contributed by atoms with van der Waals surface area (Å²) in [6, 6.07) is 12.5. The second-order valence-corrected chi connectivity index (χ2v) is 21.1. The van der Waals surface area contributed by atoms with E-state index in [1.807, 2.05) is 32.9 Å². The van der Waals surface area contributed by atoms with E-state index in [4.69, 9.17) is 38.1 Å². The molecule has 0 aromatic carbocycles. The highest BCUT2D eigenvalue weighted by Gasteiger charge is 2.36. The van der Waals surface area contributed by atoms with Gasteiger partial charge in [-0.3, -0.25) is 14.7 Å². The Kier molecular flexibility index (Phi) is 18.6. The Morgan fingerprint density at radius 1 is 0.807 bits per heavy atom. The number of methoxy groups -OCH3 is 1. The average molecular weight is 864 g/mol. The molecule has 2 fully saturated rings. The molecule has 6 rings (SSSR count). The van der Waals surface area contributed by atoms with Crippen molar-refractivity contribution in [2.24, 2.45) is 10.8 Å². The van der Waals surface area contributed by atoms with Gasteiger partial charge in [0, 0.05) is 39.1 Å². The summed E-state index contributed by atoms with van der Waals surface area (Å²) in [5, 5.41) is 21.1. The van der Waals surface area contributed by atoms with E-state index in [0.717, 1.165) is 58.6 Å². The van der Waals surface area contributed by atoms with Gasteiger partial charge >= 0.3 is 5.97 Å². The van der Waals surface area contributed by atoms with Gasteiger partial charge in [-0.1, -0.05) is 89.9 Å². The fourth-order valence-electron chi connectivity index (χ4n) is 7.39. The zero-order chi connectivity index (χ0) is 41.1. The number of ether oxygens (including phenoxy) is 1. The first-order valence-corrected chi connectivity index (χ1v) is 22.7. The van der Waals surface area contributed by atoms with Crippen molar-refractivity contribution in [3.63, 3.8) is 0 Å². The van der Waals surface area contributed by atoms with Crippen LogP contribution in [-0.2, 0) is 46.0 Å². The summed E-state index contributed by atoms with van der Waals surface area (Å²) in [5.41, 5.74) is 3.75. The fourth-order valence-corrected chi connectivity index (χ4v) is 9.56. The Labute approximate surface area is 360 Å². The van der Waals surface area contributed by atoms with Crippen LogP contribution in [0.4, 0.5) is 0 Å². The van der Waals surface area contributed by atoms with Crippen LogP contribution in [0.2, 0.25) is 8.67 Å². The number of nitrogens with one attached hydrogen (secondary N) is 1. The Morgan fingerprint density at radius 3 is 1.75 bits per heavy atom. The lowest BCUT2D eigenvalue weighted by Gasteiger charge is -2.31. The molecule has 12 heteroatoms. The van der Waals surface area contributed by atoms with Crippen molar-refractivity contribution < 1.29 is 19.4 Å². The minimum absolute atomic E-state index is 0. The molecule has 0 aliphatic heterocycles. The van der Waals surface area contributed by atoms with E-state index in [1.54, 1.807) is 48.3 Å². The number of aromatic nitrogens is 4. The highest BCUT2D eigenvalue weighted by molar-refractivity contribution is 7.16. The molecular weight excluding hydrogens is 796 g/mol. The van der Waals surface area contributed by atoms with Gasteiger partial charge in [-0.15, -0.1) is 22.7 Å². The molecule has 0 unspecified atom stereocenters. The van der Waals surface area contributed by atoms with E-state index in [-0.39, 0.29) is 18.7 Å². The van der Waals surface area contributed by atoms with E-state index in [9.17, 15) is 9.59 Å². The molecule has 57 heavy (non-hydrogen) atoms. The SMILES string of the molecule is C.CC1(c2cc(CCc3ccc(Cl)s3)[nH]n2)CCCCC1.CCC(C)(C)C(=O)O.COCC(C)(C)C(=O)n1nc(C2(C)CCCCC2)cc1CCc1ccc(Cl)s1. The number of aliphatic carboxylic acids is 1. The number of hydrogen-bond acceptors (Lipinski definition) is 7. The predicted octanol–water partition coefficient (Wildman–Crippen LogP) is 13.2. The standard InChI is InChI=1S/C22H31ClN2O2S.C16H21ClN2S.C6H12O2.CH4/c1-21(2,15-27-4)20(26)25-16(8-9-17-10-11-19(23)28-17)14-18(24-25)22(3)12-6-5-7-13-22;1-16(9-3-2-4-10-16)14-11-12(18-19-14)5-6-13-7-8-15(17)20-13;1-4-6(2,3)5(7)8;/h10-11,14H,5-9,12-13,15H2,1-4H3;7-8,11H,2-6,9-10H2,1H3,(H,18,19);4H2,1-3H3,(H,7,8);1H4. The molecule has 4 aromatic heterocycles. The summed E-state index contributed by atoms with van der Waals surface area (Å²) < 4.78 is 8.62. The van der Waals surface area contributed by atoms with E-state index in [1.165, 1.54) is 72.5 Å². The van der Waals surface area contributed by atoms with Crippen LogP contribution in [0, 0.1) is 10.8 Å². The Hall–Kier alpha value is -2.50. The van der Waals surface area contributed by atoms with Crippen LogP contribution in [0.25, 0.3) is 0 Å². The Morgan fingerprint density at radius 2 is 1.32 bits per heavy atom. The van der Waals surface area contributed by atoms with Crippen LogP contribution in [0.15, 0.2) is 36.4 Å². The molecule has 0 atom stereocenters. The minimum atomic E-state index is -0.722. The van der Waals surface area contributed by atoms with Gasteiger partial charge in [0.25, 0.3) is 5.91 Å². The Balaban J connectivity index is 0.000000261. The molecular formula is C45H68Cl2N4O4S2. The highest BCUT2D eigenvalue weighted by atomic mass is 35.5. The van der Waals surface area contributed by atoms with Gasteiger partial charge in [0.15, 0.2) is 0 Å². The molecule has 0 saturated heterocycles. The molecule has 2 N–H and O–H groups in total. The van der Waals surface area contributed by atoms with Crippen molar-refractivity contribution in [3.05, 3.63) is 77.6 Å². The van der Waals surface area contributed by atoms with Crippen LogP contribution in [0.1, 0.15) is 164 Å². The lowest BCUT2D eigenvalue weighted by molar-refractivity contribution is -0.147. The summed E-state index contributed by atoms with van der Waals surface area (Å²) in [6.45, 7) is 14.2. The van der Waals surface area contributed by atoms with Crippen molar-refractivity contribution in [1.82, 2.24) is 20.0 Å². The van der Waals surface area contributed by atoms with E-state index < -0.39 is 16.8 Å². The van der Waals surface area contributed by atoms with Crippen molar-refractivity contribution in [2.45, 2.75) is 163 Å². The second-order valence-electron chi connectivity index (χ2n) is 17.5. The number of carboxylic acids is 1. The molecule has 2 aliphatic rings. The number of carbonyl (C=O) groups excluding carboxylic acids is 1. The number of aryl methyl sites for hydroxylation is 4. The Bertz CT molecular complexity index is 1840. The summed E-state index contributed by atoms with van der Waals surface area (Å²) in [7, 11) is 1.63. The smallest absolute Gasteiger partial charge is 0.309 e. The lowest BCUT2D eigenvalue weighted by Crippen LogP contribution is -2.36. The number of carboxylic acid groups (broad SMARTS) is 1. The fraction of sp³-hybridized carbons (Fsp3) is 0.644. The first kappa shape index (κ1) is 48.9. The predicted molar refractivity (Wildman–Crippen MR) is 240 cm³/mol. The van der Waals surface area contributed by atoms with Gasteiger partial charge in [0.2, 0.25) is 0 Å². The number of thiophene rings is 2. The molecule has 318 valence electrons. The van der Waals surface area contributed by atoms with Crippen LogP contribution in [0.5, 0.6) is 0 Å². The number of carbonyl (C=O) groups is 2. The zero-order valence-corrected chi connectivity index (χ0v) is 38.0. The van der Waals surface area contributed by atoms with Crippen LogP contribution >= 0.6 is 45.9 Å². The van der Waals surface area contributed by atoms with Gasteiger partial charge in [-0.2, -0.15) is 10.2 Å². The molecule has 2 aliphatic carbocycles. The number of hydrogen-bond donors (Lipinski definition) is 2. The molecule has 4 heterocycles. The number of rotatable bonds is 13. The third-order valence-electron chi connectivity index (χ3n) is 11.8. The van der Waals surface area contributed by atoms with E-state index >= 15 is 0 Å². The second kappa shape index (κ2) is 21.7. The molecule has 8 nitrogen and oxygen atoms in total. The molecule has 0 bridgehead atoms. The molecule has 0 spiro atoms. The topological polar surface area (TPSA) is 110 Å². The van der Waals surface area contributed by atoms with Gasteiger partial charge in [0.05, 0.1) is 37.5 Å². The van der Waals surface area contributed by atoms with Gasteiger partial charge in [-0.05, 0) is 122 Å². The van der Waals surface area contributed by atoms with Crippen LogP contribution < -0.4 is 0 Å². The maximum Gasteiger partial charge on any atom is 0.309 e. The maximum atomic E-state index is 13.3. The first-order valence-electron chi connectivity index (χ1n) is 20.3. The molecule has 2 saturated carbocycles. The number of halogens is 2. The van der Waals surface area contributed by atoms with Crippen LogP contribution in [-0.4, -0.2) is 50.7 Å². The molecule has 0 amide bonds. The molecule has 0 radical (unpaired) electrons. The quantitative estimate of drug-likeness (QED) is 0.138. The molecule has 4 aromatic rings. The van der Waals surface area contributed by atoms with E-state index in [2.05, 4.69) is 48.3 Å². The average Bonchev–Trinajstić information content (AvgIpc) is 3.99. The third kappa shape index (κ3) is 13.8. The summed E-state index contributed by atoms with van der Waals surface area (Å²) in [6.07, 6.45) is 17.0. The van der Waals surface area contributed by atoms with Gasteiger partial charge < -0.3 is 9.84 Å². The lowest BCUT2D eigenvalue weighted by atomic mass is 9.73. The first-order chi connectivity index (χ1) is 26.4. The monoisotopic (exact) mass is 862 g/mol. The van der Waals surface area contributed by atoms with Crippen molar-refractivity contribution in [2.75, 3.05) is 13.7 Å². The van der Waals surface area contributed by atoms with Crippen molar-refractivity contribution in [1.29, 1.82) is 0 Å². The van der Waals surface area contributed by atoms with Crippen molar-refractivity contribution >= 4 is 57.8 Å². The van der Waals surface area contributed by atoms with Gasteiger partial charge in [-0.25, -0.2) is 4.68 Å². The summed E-state index contributed by atoms with van der Waals surface area (Å²) in [5.74, 6) is -0.723. The number of H-pyrrole nitrogens is 1. The minimum Gasteiger partial charge on any atom is -0.481 e. The zero-order valence-electron chi connectivity index (χ0n) is 34.9.